The fourth-order valence-corrected chi connectivity index (χ4v) is 2.09. The maximum Gasteiger partial charge on any atom is 0.158 e. The van der Waals surface area contributed by atoms with Gasteiger partial charge in [-0.1, -0.05) is 6.07 Å². The van der Waals surface area contributed by atoms with Gasteiger partial charge in [0.25, 0.3) is 0 Å². The van der Waals surface area contributed by atoms with Gasteiger partial charge in [-0.25, -0.2) is 9.97 Å². The van der Waals surface area contributed by atoms with E-state index in [1.54, 1.807) is 13.2 Å². The second-order valence-corrected chi connectivity index (χ2v) is 5.05. The van der Waals surface area contributed by atoms with Gasteiger partial charge in [-0.3, -0.25) is 0 Å². The molecule has 1 aromatic heterocycles. The van der Waals surface area contributed by atoms with Crippen LogP contribution in [-0.2, 0) is 11.3 Å². The molecule has 6 heteroatoms. The Morgan fingerprint density at radius 3 is 2.67 bits per heavy atom. The zero-order valence-electron chi connectivity index (χ0n) is 12.8. The number of benzene rings is 1. The average Bonchev–Trinajstić information content (AvgIpc) is 2.40. The largest absolute Gasteiger partial charge is 0.384 e. The van der Waals surface area contributed by atoms with Crippen LogP contribution < -0.4 is 16.0 Å². The molecule has 0 aliphatic rings. The lowest BCUT2D eigenvalue weighted by molar-refractivity contribution is 0.178. The monoisotopic (exact) mass is 287 g/mol. The molecule has 0 unspecified atom stereocenters. The number of nitrogens with two attached hydrogens (primary N) is 1. The third kappa shape index (κ3) is 3.82. The van der Waals surface area contributed by atoms with Crippen molar-refractivity contribution in [1.29, 1.82) is 0 Å². The normalized spacial score (nSPS) is 10.5. The van der Waals surface area contributed by atoms with Gasteiger partial charge in [0.15, 0.2) is 5.82 Å². The van der Waals surface area contributed by atoms with Crippen LogP contribution in [0.3, 0.4) is 0 Å². The molecule has 0 saturated heterocycles. The SMILES string of the molecule is COCc1nc(N)cc(Nc2ccc(C)c(N(C)C)c2)n1. The molecule has 0 aliphatic heterocycles. The van der Waals surface area contributed by atoms with E-state index >= 15 is 0 Å². The second kappa shape index (κ2) is 6.41. The number of hydrogen-bond donors (Lipinski definition) is 2. The van der Waals surface area contributed by atoms with Gasteiger partial charge in [0.05, 0.1) is 0 Å². The molecule has 3 N–H and O–H groups in total. The standard InChI is InChI=1S/C15H21N5O/c1-10-5-6-11(7-12(10)20(2)3)17-14-8-13(16)18-15(19-14)9-21-4/h5-8H,9H2,1-4H3,(H3,16,17,18,19). The molecule has 0 spiro atoms. The molecule has 2 rings (SSSR count). The highest BCUT2D eigenvalue weighted by atomic mass is 16.5. The topological polar surface area (TPSA) is 76.3 Å². The van der Waals surface area contributed by atoms with E-state index in [9.17, 15) is 0 Å². The van der Waals surface area contributed by atoms with Crippen LogP contribution in [0.4, 0.5) is 23.0 Å². The van der Waals surface area contributed by atoms with Crippen molar-refractivity contribution in [3.05, 3.63) is 35.7 Å². The van der Waals surface area contributed by atoms with Gasteiger partial charge in [0.2, 0.25) is 0 Å². The summed E-state index contributed by atoms with van der Waals surface area (Å²) in [5.74, 6) is 1.63. The van der Waals surface area contributed by atoms with Crippen molar-refractivity contribution in [2.75, 3.05) is 37.2 Å². The lowest BCUT2D eigenvalue weighted by Gasteiger charge is -2.17. The highest BCUT2D eigenvalue weighted by molar-refractivity contribution is 5.66. The van der Waals surface area contributed by atoms with Crippen molar-refractivity contribution in [2.24, 2.45) is 0 Å². The van der Waals surface area contributed by atoms with Crippen molar-refractivity contribution in [3.63, 3.8) is 0 Å². The lowest BCUT2D eigenvalue weighted by atomic mass is 10.1. The Morgan fingerprint density at radius 2 is 2.00 bits per heavy atom. The summed E-state index contributed by atoms with van der Waals surface area (Å²) < 4.78 is 5.04. The number of aromatic nitrogens is 2. The van der Waals surface area contributed by atoms with Crippen molar-refractivity contribution in [3.8, 4) is 0 Å². The maximum absolute atomic E-state index is 5.79. The number of nitrogens with zero attached hydrogens (tertiary/aromatic N) is 3. The summed E-state index contributed by atoms with van der Waals surface area (Å²) >= 11 is 0. The van der Waals surface area contributed by atoms with E-state index in [0.717, 1.165) is 11.4 Å². The van der Waals surface area contributed by atoms with Crippen LogP contribution >= 0.6 is 0 Å². The minimum atomic E-state index is 0.330. The Hall–Kier alpha value is -2.34. The van der Waals surface area contributed by atoms with E-state index < -0.39 is 0 Å². The van der Waals surface area contributed by atoms with Crippen molar-refractivity contribution in [1.82, 2.24) is 9.97 Å². The zero-order chi connectivity index (χ0) is 15.4. The smallest absolute Gasteiger partial charge is 0.158 e. The number of hydrogen-bond acceptors (Lipinski definition) is 6. The number of aryl methyl sites for hydroxylation is 1. The number of rotatable bonds is 5. The summed E-state index contributed by atoms with van der Waals surface area (Å²) in [7, 11) is 5.64. The first-order valence-corrected chi connectivity index (χ1v) is 6.67. The molecule has 2 aromatic rings. The predicted molar refractivity (Wildman–Crippen MR) is 85.9 cm³/mol. The summed E-state index contributed by atoms with van der Waals surface area (Å²) in [5.41, 5.74) is 9.11. The second-order valence-electron chi connectivity index (χ2n) is 5.05. The molecule has 0 atom stereocenters. The van der Waals surface area contributed by atoms with E-state index in [4.69, 9.17) is 10.5 Å². The Bertz CT molecular complexity index is 627. The summed E-state index contributed by atoms with van der Waals surface area (Å²) in [5, 5.41) is 3.25. The van der Waals surface area contributed by atoms with Crippen molar-refractivity contribution < 1.29 is 4.74 Å². The third-order valence-corrected chi connectivity index (χ3v) is 3.03. The average molecular weight is 287 g/mol. The molecule has 0 radical (unpaired) electrons. The molecule has 6 nitrogen and oxygen atoms in total. The molecule has 0 amide bonds. The molecule has 0 aliphatic carbocycles. The fraction of sp³-hybridized carbons (Fsp3) is 0.333. The zero-order valence-corrected chi connectivity index (χ0v) is 12.8. The minimum absolute atomic E-state index is 0.330. The van der Waals surface area contributed by atoms with E-state index in [1.165, 1.54) is 5.56 Å². The Morgan fingerprint density at radius 1 is 1.24 bits per heavy atom. The summed E-state index contributed by atoms with van der Waals surface area (Å²) in [6.07, 6.45) is 0. The predicted octanol–water partition coefficient (Wildman–Crippen LogP) is 2.32. The van der Waals surface area contributed by atoms with Crippen LogP contribution in [0.5, 0.6) is 0 Å². The van der Waals surface area contributed by atoms with Gasteiger partial charge in [-0.15, -0.1) is 0 Å². The number of nitrogens with one attached hydrogen (secondary N) is 1. The first-order valence-electron chi connectivity index (χ1n) is 6.67. The molecule has 21 heavy (non-hydrogen) atoms. The molecular weight excluding hydrogens is 266 g/mol. The van der Waals surface area contributed by atoms with Gasteiger partial charge in [0, 0.05) is 38.6 Å². The summed E-state index contributed by atoms with van der Waals surface area (Å²) in [4.78, 5) is 10.6. The first-order chi connectivity index (χ1) is 9.99. The molecule has 0 saturated carbocycles. The Kier molecular flexibility index (Phi) is 4.59. The van der Waals surface area contributed by atoms with Crippen LogP contribution in [-0.4, -0.2) is 31.2 Å². The molecular formula is C15H21N5O. The number of nitrogen functional groups attached to an aromatic ring is 1. The van der Waals surface area contributed by atoms with Crippen LogP contribution in [0.2, 0.25) is 0 Å². The Balaban J connectivity index is 2.27. The molecule has 1 heterocycles. The van der Waals surface area contributed by atoms with Crippen LogP contribution in [0.15, 0.2) is 24.3 Å². The van der Waals surface area contributed by atoms with Gasteiger partial charge < -0.3 is 20.7 Å². The van der Waals surface area contributed by atoms with Crippen LogP contribution in [0.25, 0.3) is 0 Å². The summed E-state index contributed by atoms with van der Waals surface area (Å²) in [6, 6.07) is 7.85. The van der Waals surface area contributed by atoms with Gasteiger partial charge >= 0.3 is 0 Å². The van der Waals surface area contributed by atoms with E-state index in [0.29, 0.717) is 24.1 Å². The molecule has 112 valence electrons. The van der Waals surface area contributed by atoms with E-state index in [-0.39, 0.29) is 0 Å². The highest BCUT2D eigenvalue weighted by Gasteiger charge is 2.06. The van der Waals surface area contributed by atoms with Crippen LogP contribution in [0.1, 0.15) is 11.4 Å². The molecule has 0 bridgehead atoms. The molecule has 1 aromatic carbocycles. The number of ether oxygens (including phenoxy) is 1. The number of methoxy groups -OCH3 is 1. The van der Waals surface area contributed by atoms with Crippen molar-refractivity contribution in [2.45, 2.75) is 13.5 Å². The summed E-state index contributed by atoms with van der Waals surface area (Å²) in [6.45, 7) is 2.41. The van der Waals surface area contributed by atoms with Gasteiger partial charge in [-0.2, -0.15) is 0 Å². The highest BCUT2D eigenvalue weighted by Crippen LogP contribution is 2.25. The third-order valence-electron chi connectivity index (χ3n) is 3.03. The van der Waals surface area contributed by atoms with E-state index in [2.05, 4.69) is 39.2 Å². The quantitative estimate of drug-likeness (QED) is 0.879. The molecule has 0 fully saturated rings. The Labute approximate surface area is 125 Å². The lowest BCUT2D eigenvalue weighted by Crippen LogP contribution is -2.10. The fourth-order valence-electron chi connectivity index (χ4n) is 2.09. The van der Waals surface area contributed by atoms with Crippen LogP contribution in [0, 0.1) is 6.92 Å². The minimum Gasteiger partial charge on any atom is -0.384 e. The van der Waals surface area contributed by atoms with E-state index in [1.807, 2.05) is 20.2 Å². The van der Waals surface area contributed by atoms with Gasteiger partial charge in [0.1, 0.15) is 18.2 Å². The van der Waals surface area contributed by atoms with Gasteiger partial charge in [-0.05, 0) is 24.6 Å². The van der Waals surface area contributed by atoms with Crippen molar-refractivity contribution >= 4 is 23.0 Å². The maximum atomic E-state index is 5.79. The number of anilines is 4. The first kappa shape index (κ1) is 15.1.